The van der Waals surface area contributed by atoms with Crippen LogP contribution in [0.15, 0.2) is 42.6 Å². The molecule has 0 unspecified atom stereocenters. The summed E-state index contributed by atoms with van der Waals surface area (Å²) in [6, 6.07) is 11.1. The number of amides is 1. The van der Waals surface area contributed by atoms with Crippen molar-refractivity contribution in [1.29, 1.82) is 0 Å². The first-order valence-electron chi connectivity index (χ1n) is 8.48. The molecule has 1 aromatic carbocycles. The van der Waals surface area contributed by atoms with Crippen molar-refractivity contribution in [1.82, 2.24) is 4.98 Å². The topological polar surface area (TPSA) is 72.5 Å². The number of benzene rings is 1. The Bertz CT molecular complexity index is 642. The Labute approximate surface area is 148 Å². The molecule has 1 aromatic heterocycles. The average molecular weight is 343 g/mol. The van der Waals surface area contributed by atoms with Gasteiger partial charge in [0.25, 0.3) is 0 Å². The third kappa shape index (κ3) is 6.71. The minimum Gasteiger partial charge on any atom is -0.497 e. The van der Waals surface area contributed by atoms with E-state index >= 15 is 0 Å². The van der Waals surface area contributed by atoms with Gasteiger partial charge in [0.05, 0.1) is 25.5 Å². The fraction of sp³-hybridized carbons (Fsp3) is 0.368. The number of nitrogens with one attached hydrogen (secondary N) is 2. The molecule has 0 atom stereocenters. The summed E-state index contributed by atoms with van der Waals surface area (Å²) in [6.45, 7) is 3.21. The second-order valence-electron chi connectivity index (χ2n) is 5.53. The Hall–Kier alpha value is -2.76. The number of pyridine rings is 1. The summed E-state index contributed by atoms with van der Waals surface area (Å²) in [5.74, 6) is 2.36. The first-order chi connectivity index (χ1) is 12.2. The maximum atomic E-state index is 11.7. The number of hydrogen-bond acceptors (Lipinski definition) is 5. The van der Waals surface area contributed by atoms with Crippen molar-refractivity contribution in [3.8, 4) is 11.5 Å². The number of carbonyl (C=O) groups is 1. The van der Waals surface area contributed by atoms with Gasteiger partial charge in [-0.25, -0.2) is 4.98 Å². The monoisotopic (exact) mass is 343 g/mol. The predicted molar refractivity (Wildman–Crippen MR) is 99.4 cm³/mol. The number of nitrogens with zero attached hydrogens (tertiary/aromatic N) is 1. The lowest BCUT2D eigenvalue weighted by atomic mass is 10.2. The van der Waals surface area contributed by atoms with E-state index in [1.54, 1.807) is 13.3 Å². The number of unbranched alkanes of at least 4 members (excludes halogenated alkanes) is 1. The van der Waals surface area contributed by atoms with Crippen molar-refractivity contribution < 1.29 is 14.3 Å². The van der Waals surface area contributed by atoms with Crippen molar-refractivity contribution in [2.24, 2.45) is 0 Å². The molecular formula is C19H25N3O3. The summed E-state index contributed by atoms with van der Waals surface area (Å²) in [6.07, 6.45) is 4.09. The van der Waals surface area contributed by atoms with Gasteiger partial charge in [0, 0.05) is 6.42 Å². The summed E-state index contributed by atoms with van der Waals surface area (Å²) in [7, 11) is 1.63. The van der Waals surface area contributed by atoms with Gasteiger partial charge in [0.1, 0.15) is 23.9 Å². The molecule has 134 valence electrons. The maximum absolute atomic E-state index is 11.7. The SMILES string of the molecule is CCCCC(=O)Nc1ccc(NCCOc2ccc(OC)cc2)nc1. The summed E-state index contributed by atoms with van der Waals surface area (Å²) in [4.78, 5) is 15.9. The molecule has 0 aliphatic heterocycles. The van der Waals surface area contributed by atoms with E-state index in [2.05, 4.69) is 22.5 Å². The first-order valence-corrected chi connectivity index (χ1v) is 8.48. The zero-order valence-corrected chi connectivity index (χ0v) is 14.7. The second-order valence-corrected chi connectivity index (χ2v) is 5.53. The highest BCUT2D eigenvalue weighted by Crippen LogP contribution is 2.17. The van der Waals surface area contributed by atoms with Crippen LogP contribution in [0.25, 0.3) is 0 Å². The molecule has 0 fully saturated rings. The third-order valence-corrected chi connectivity index (χ3v) is 3.54. The highest BCUT2D eigenvalue weighted by molar-refractivity contribution is 5.90. The molecule has 6 heteroatoms. The molecule has 1 heterocycles. The highest BCUT2D eigenvalue weighted by Gasteiger charge is 2.02. The average Bonchev–Trinajstić information content (AvgIpc) is 2.65. The molecule has 0 spiro atoms. The zero-order chi connectivity index (χ0) is 17.9. The number of aromatic nitrogens is 1. The third-order valence-electron chi connectivity index (χ3n) is 3.54. The van der Waals surface area contributed by atoms with Gasteiger partial charge in [-0.2, -0.15) is 0 Å². The predicted octanol–water partition coefficient (Wildman–Crippen LogP) is 3.71. The Kier molecular flexibility index (Phi) is 7.56. The lowest BCUT2D eigenvalue weighted by Gasteiger charge is -2.09. The molecule has 0 saturated heterocycles. The first kappa shape index (κ1) is 18.6. The zero-order valence-electron chi connectivity index (χ0n) is 14.7. The van der Waals surface area contributed by atoms with Crippen LogP contribution >= 0.6 is 0 Å². The smallest absolute Gasteiger partial charge is 0.224 e. The van der Waals surface area contributed by atoms with Crippen LogP contribution in [0.3, 0.4) is 0 Å². The Morgan fingerprint density at radius 3 is 2.52 bits per heavy atom. The number of anilines is 2. The van der Waals surface area contributed by atoms with Gasteiger partial charge in [-0.1, -0.05) is 13.3 Å². The molecular weight excluding hydrogens is 318 g/mol. The number of hydrogen-bond donors (Lipinski definition) is 2. The standard InChI is InChI=1S/C19H25N3O3/c1-3-4-5-19(23)22-15-6-11-18(21-14-15)20-12-13-25-17-9-7-16(24-2)8-10-17/h6-11,14H,3-5,12-13H2,1-2H3,(H,20,21)(H,22,23). The summed E-state index contributed by atoms with van der Waals surface area (Å²) in [5.41, 5.74) is 0.709. The quantitative estimate of drug-likeness (QED) is 0.644. The van der Waals surface area contributed by atoms with Crippen LogP contribution in [0.2, 0.25) is 0 Å². The fourth-order valence-electron chi connectivity index (χ4n) is 2.15. The maximum Gasteiger partial charge on any atom is 0.224 e. The van der Waals surface area contributed by atoms with Crippen LogP contribution < -0.4 is 20.1 Å². The second kappa shape index (κ2) is 10.2. The molecule has 25 heavy (non-hydrogen) atoms. The van der Waals surface area contributed by atoms with Gasteiger partial charge in [-0.3, -0.25) is 4.79 Å². The Morgan fingerprint density at radius 2 is 1.88 bits per heavy atom. The van der Waals surface area contributed by atoms with E-state index in [1.165, 1.54) is 0 Å². The van der Waals surface area contributed by atoms with E-state index in [1.807, 2.05) is 36.4 Å². The summed E-state index contributed by atoms with van der Waals surface area (Å²) < 4.78 is 10.7. The van der Waals surface area contributed by atoms with E-state index in [9.17, 15) is 4.79 Å². The number of rotatable bonds is 10. The van der Waals surface area contributed by atoms with Gasteiger partial charge in [-0.15, -0.1) is 0 Å². The lowest BCUT2D eigenvalue weighted by Crippen LogP contribution is -2.13. The molecule has 6 nitrogen and oxygen atoms in total. The van der Waals surface area contributed by atoms with E-state index in [0.29, 0.717) is 25.3 Å². The minimum absolute atomic E-state index is 0.0252. The van der Waals surface area contributed by atoms with Gasteiger partial charge in [0.15, 0.2) is 0 Å². The van der Waals surface area contributed by atoms with Crippen molar-refractivity contribution in [3.63, 3.8) is 0 Å². The van der Waals surface area contributed by atoms with Crippen molar-refractivity contribution >= 4 is 17.4 Å². The highest BCUT2D eigenvalue weighted by atomic mass is 16.5. The van der Waals surface area contributed by atoms with Crippen LogP contribution in [0, 0.1) is 0 Å². The Balaban J connectivity index is 1.69. The Morgan fingerprint density at radius 1 is 1.12 bits per heavy atom. The van der Waals surface area contributed by atoms with Crippen molar-refractivity contribution in [2.45, 2.75) is 26.2 Å². The number of methoxy groups -OCH3 is 1. The molecule has 0 aliphatic carbocycles. The molecule has 2 aromatic rings. The largest absolute Gasteiger partial charge is 0.497 e. The molecule has 0 bridgehead atoms. The molecule has 1 amide bonds. The van der Waals surface area contributed by atoms with Gasteiger partial charge >= 0.3 is 0 Å². The molecule has 0 radical (unpaired) electrons. The van der Waals surface area contributed by atoms with E-state index < -0.39 is 0 Å². The van der Waals surface area contributed by atoms with Crippen molar-refractivity contribution in [2.75, 3.05) is 30.9 Å². The van der Waals surface area contributed by atoms with E-state index in [0.717, 1.165) is 30.2 Å². The van der Waals surface area contributed by atoms with Crippen LogP contribution in [-0.2, 0) is 4.79 Å². The van der Waals surface area contributed by atoms with Crippen LogP contribution in [-0.4, -0.2) is 31.2 Å². The van der Waals surface area contributed by atoms with Gasteiger partial charge in [-0.05, 0) is 42.8 Å². The normalized spacial score (nSPS) is 10.2. The molecule has 2 N–H and O–H groups in total. The summed E-state index contributed by atoms with van der Waals surface area (Å²) >= 11 is 0. The van der Waals surface area contributed by atoms with Crippen LogP contribution in [0.1, 0.15) is 26.2 Å². The fourth-order valence-corrected chi connectivity index (χ4v) is 2.15. The minimum atomic E-state index is 0.0252. The number of ether oxygens (including phenoxy) is 2. The number of carbonyl (C=O) groups excluding carboxylic acids is 1. The molecule has 2 rings (SSSR count). The summed E-state index contributed by atoms with van der Waals surface area (Å²) in [5, 5.41) is 6.02. The van der Waals surface area contributed by atoms with E-state index in [4.69, 9.17) is 9.47 Å². The van der Waals surface area contributed by atoms with Crippen LogP contribution in [0.5, 0.6) is 11.5 Å². The molecule has 0 saturated carbocycles. The van der Waals surface area contributed by atoms with Crippen molar-refractivity contribution in [3.05, 3.63) is 42.6 Å². The van der Waals surface area contributed by atoms with E-state index in [-0.39, 0.29) is 5.91 Å². The van der Waals surface area contributed by atoms with Gasteiger partial charge < -0.3 is 20.1 Å². The molecule has 0 aliphatic rings. The van der Waals surface area contributed by atoms with Crippen LogP contribution in [0.4, 0.5) is 11.5 Å². The van der Waals surface area contributed by atoms with Gasteiger partial charge in [0.2, 0.25) is 5.91 Å². The lowest BCUT2D eigenvalue weighted by molar-refractivity contribution is -0.116.